The third-order valence-electron chi connectivity index (χ3n) is 2.33. The standard InChI is InChI=1S/C13H10BrClN2O/c1-8-4-5-16-12(6-8)17-13(18)10-3-2-9(14)7-11(10)15/h2-7H,1H3,(H,16,17,18). The molecule has 1 amide bonds. The number of hydrogen-bond donors (Lipinski definition) is 1. The number of aryl methyl sites for hydroxylation is 1. The molecule has 0 radical (unpaired) electrons. The Labute approximate surface area is 118 Å². The van der Waals surface area contributed by atoms with Gasteiger partial charge in [-0.2, -0.15) is 0 Å². The minimum Gasteiger partial charge on any atom is -0.307 e. The van der Waals surface area contributed by atoms with Crippen molar-refractivity contribution in [2.45, 2.75) is 6.92 Å². The lowest BCUT2D eigenvalue weighted by atomic mass is 10.2. The predicted molar refractivity (Wildman–Crippen MR) is 76.1 cm³/mol. The van der Waals surface area contributed by atoms with E-state index in [4.69, 9.17) is 11.6 Å². The molecular weight excluding hydrogens is 316 g/mol. The van der Waals surface area contributed by atoms with Gasteiger partial charge >= 0.3 is 0 Å². The van der Waals surface area contributed by atoms with Crippen LogP contribution in [0.4, 0.5) is 5.82 Å². The summed E-state index contributed by atoms with van der Waals surface area (Å²) in [7, 11) is 0. The Morgan fingerprint density at radius 2 is 2.11 bits per heavy atom. The summed E-state index contributed by atoms with van der Waals surface area (Å²) in [6, 6.07) is 8.77. The summed E-state index contributed by atoms with van der Waals surface area (Å²) >= 11 is 9.30. The van der Waals surface area contributed by atoms with E-state index in [1.54, 1.807) is 30.5 Å². The number of nitrogens with zero attached hydrogens (tertiary/aromatic N) is 1. The van der Waals surface area contributed by atoms with Crippen LogP contribution in [0.15, 0.2) is 41.0 Å². The number of aromatic nitrogens is 1. The van der Waals surface area contributed by atoms with Gasteiger partial charge in [0.1, 0.15) is 5.82 Å². The maximum Gasteiger partial charge on any atom is 0.258 e. The van der Waals surface area contributed by atoms with Gasteiger partial charge in [-0.05, 0) is 42.8 Å². The van der Waals surface area contributed by atoms with Gasteiger partial charge in [0.2, 0.25) is 0 Å². The summed E-state index contributed by atoms with van der Waals surface area (Å²) in [5, 5.41) is 3.11. The van der Waals surface area contributed by atoms with Crippen LogP contribution in [0.2, 0.25) is 5.02 Å². The summed E-state index contributed by atoms with van der Waals surface area (Å²) in [6.07, 6.45) is 1.65. The fraction of sp³-hybridized carbons (Fsp3) is 0.0769. The molecular formula is C13H10BrClN2O. The lowest BCUT2D eigenvalue weighted by Gasteiger charge is -2.06. The van der Waals surface area contributed by atoms with E-state index in [2.05, 4.69) is 26.2 Å². The van der Waals surface area contributed by atoms with E-state index in [-0.39, 0.29) is 5.91 Å². The molecule has 5 heteroatoms. The Morgan fingerprint density at radius 1 is 1.33 bits per heavy atom. The highest BCUT2D eigenvalue weighted by atomic mass is 79.9. The largest absolute Gasteiger partial charge is 0.307 e. The molecule has 0 atom stereocenters. The Morgan fingerprint density at radius 3 is 2.78 bits per heavy atom. The van der Waals surface area contributed by atoms with E-state index < -0.39 is 0 Å². The van der Waals surface area contributed by atoms with Crippen molar-refractivity contribution in [3.05, 3.63) is 57.2 Å². The number of carbonyl (C=O) groups is 1. The molecule has 0 spiro atoms. The van der Waals surface area contributed by atoms with Crippen LogP contribution >= 0.6 is 27.5 Å². The zero-order chi connectivity index (χ0) is 13.1. The van der Waals surface area contributed by atoms with Gasteiger partial charge in [-0.15, -0.1) is 0 Å². The van der Waals surface area contributed by atoms with E-state index in [0.717, 1.165) is 10.0 Å². The van der Waals surface area contributed by atoms with Crippen LogP contribution in [0.1, 0.15) is 15.9 Å². The van der Waals surface area contributed by atoms with Crippen molar-refractivity contribution in [2.75, 3.05) is 5.32 Å². The molecule has 0 aliphatic rings. The fourth-order valence-corrected chi connectivity index (χ4v) is 2.22. The minimum absolute atomic E-state index is 0.273. The first kappa shape index (κ1) is 13.1. The molecule has 18 heavy (non-hydrogen) atoms. The maximum absolute atomic E-state index is 12.0. The first-order chi connectivity index (χ1) is 8.56. The molecule has 92 valence electrons. The molecule has 0 saturated carbocycles. The molecule has 0 fully saturated rings. The third-order valence-corrected chi connectivity index (χ3v) is 3.14. The number of benzene rings is 1. The van der Waals surface area contributed by atoms with E-state index >= 15 is 0 Å². The second kappa shape index (κ2) is 5.50. The molecule has 3 nitrogen and oxygen atoms in total. The van der Waals surface area contributed by atoms with Crippen molar-refractivity contribution < 1.29 is 4.79 Å². The van der Waals surface area contributed by atoms with Crippen molar-refractivity contribution in [1.82, 2.24) is 4.98 Å². The predicted octanol–water partition coefficient (Wildman–Crippen LogP) is 4.06. The number of amides is 1. The first-order valence-electron chi connectivity index (χ1n) is 5.25. The van der Waals surface area contributed by atoms with Crippen LogP contribution in [-0.4, -0.2) is 10.9 Å². The fourth-order valence-electron chi connectivity index (χ4n) is 1.46. The first-order valence-corrected chi connectivity index (χ1v) is 6.42. The minimum atomic E-state index is -0.273. The highest BCUT2D eigenvalue weighted by molar-refractivity contribution is 9.10. The van der Waals surface area contributed by atoms with Crippen molar-refractivity contribution in [2.24, 2.45) is 0 Å². The molecule has 2 aromatic rings. The molecule has 0 bridgehead atoms. The highest BCUT2D eigenvalue weighted by Crippen LogP contribution is 2.22. The lowest BCUT2D eigenvalue weighted by Crippen LogP contribution is -2.13. The molecule has 1 aromatic heterocycles. The van der Waals surface area contributed by atoms with Crippen LogP contribution in [0.3, 0.4) is 0 Å². The summed E-state index contributed by atoms with van der Waals surface area (Å²) in [5.41, 5.74) is 1.45. The molecule has 0 aliphatic heterocycles. The van der Waals surface area contributed by atoms with Crippen molar-refractivity contribution >= 4 is 39.3 Å². The van der Waals surface area contributed by atoms with Crippen molar-refractivity contribution in [3.63, 3.8) is 0 Å². The zero-order valence-electron chi connectivity index (χ0n) is 9.58. The van der Waals surface area contributed by atoms with Crippen molar-refractivity contribution in [3.8, 4) is 0 Å². The summed E-state index contributed by atoms with van der Waals surface area (Å²) in [5.74, 6) is 0.240. The van der Waals surface area contributed by atoms with Crippen LogP contribution < -0.4 is 5.32 Å². The number of hydrogen-bond acceptors (Lipinski definition) is 2. The Hall–Kier alpha value is -1.39. The van der Waals surface area contributed by atoms with Gasteiger partial charge in [-0.1, -0.05) is 27.5 Å². The summed E-state index contributed by atoms with van der Waals surface area (Å²) in [4.78, 5) is 16.1. The van der Waals surface area contributed by atoms with Gasteiger partial charge in [0.25, 0.3) is 5.91 Å². The van der Waals surface area contributed by atoms with Gasteiger partial charge in [0.05, 0.1) is 10.6 Å². The molecule has 1 heterocycles. The number of carbonyl (C=O) groups excluding carboxylic acids is 1. The normalized spacial score (nSPS) is 10.2. The molecule has 1 aromatic carbocycles. The Kier molecular flexibility index (Phi) is 3.99. The van der Waals surface area contributed by atoms with Crippen LogP contribution in [0, 0.1) is 6.92 Å². The smallest absolute Gasteiger partial charge is 0.258 e. The molecule has 2 rings (SSSR count). The summed E-state index contributed by atoms with van der Waals surface area (Å²) in [6.45, 7) is 1.93. The molecule has 0 saturated heterocycles. The molecule has 0 unspecified atom stereocenters. The number of halogens is 2. The topological polar surface area (TPSA) is 42.0 Å². The Bertz CT molecular complexity index is 601. The zero-order valence-corrected chi connectivity index (χ0v) is 11.9. The quantitative estimate of drug-likeness (QED) is 0.905. The van der Waals surface area contributed by atoms with Gasteiger partial charge in [0.15, 0.2) is 0 Å². The number of anilines is 1. The second-order valence-corrected chi connectivity index (χ2v) is 5.12. The van der Waals surface area contributed by atoms with E-state index in [1.807, 2.05) is 13.0 Å². The Balaban J connectivity index is 2.22. The average Bonchev–Trinajstić information content (AvgIpc) is 2.28. The SMILES string of the molecule is Cc1ccnc(NC(=O)c2ccc(Br)cc2Cl)c1. The average molecular weight is 326 g/mol. The maximum atomic E-state index is 12.0. The van der Waals surface area contributed by atoms with Crippen molar-refractivity contribution in [1.29, 1.82) is 0 Å². The van der Waals surface area contributed by atoms with Gasteiger partial charge < -0.3 is 5.32 Å². The second-order valence-electron chi connectivity index (χ2n) is 3.80. The highest BCUT2D eigenvalue weighted by Gasteiger charge is 2.11. The van der Waals surface area contributed by atoms with Crippen LogP contribution in [0.5, 0.6) is 0 Å². The number of pyridine rings is 1. The molecule has 0 aliphatic carbocycles. The summed E-state index contributed by atoms with van der Waals surface area (Å²) < 4.78 is 0.831. The monoisotopic (exact) mass is 324 g/mol. The number of nitrogens with one attached hydrogen (secondary N) is 1. The van der Waals surface area contributed by atoms with Crippen LogP contribution in [0.25, 0.3) is 0 Å². The van der Waals surface area contributed by atoms with Crippen LogP contribution in [-0.2, 0) is 0 Å². The third kappa shape index (κ3) is 3.09. The van der Waals surface area contributed by atoms with Gasteiger partial charge in [-0.3, -0.25) is 4.79 Å². The van der Waals surface area contributed by atoms with E-state index in [1.165, 1.54) is 0 Å². The van der Waals surface area contributed by atoms with E-state index in [0.29, 0.717) is 16.4 Å². The lowest BCUT2D eigenvalue weighted by molar-refractivity contribution is 0.102. The molecule has 1 N–H and O–H groups in total. The number of rotatable bonds is 2. The van der Waals surface area contributed by atoms with E-state index in [9.17, 15) is 4.79 Å². The van der Waals surface area contributed by atoms with Gasteiger partial charge in [-0.25, -0.2) is 4.98 Å². The van der Waals surface area contributed by atoms with Gasteiger partial charge in [0, 0.05) is 10.7 Å².